The van der Waals surface area contributed by atoms with Crippen LogP contribution >= 0.6 is 0 Å². The van der Waals surface area contributed by atoms with E-state index in [-0.39, 0.29) is 6.04 Å². The zero-order chi connectivity index (χ0) is 14.7. The van der Waals surface area contributed by atoms with Crippen LogP contribution in [0.1, 0.15) is 41.6 Å². The Bertz CT molecular complexity index is 589. The van der Waals surface area contributed by atoms with Crippen LogP contribution in [0.2, 0.25) is 0 Å². The summed E-state index contributed by atoms with van der Waals surface area (Å²) in [6.45, 7) is 2.19. The molecule has 0 bridgehead atoms. The number of hydrogen-bond donors (Lipinski definition) is 2. The van der Waals surface area contributed by atoms with Crippen molar-refractivity contribution < 1.29 is 0 Å². The molecule has 3 rings (SSSR count). The van der Waals surface area contributed by atoms with Crippen molar-refractivity contribution in [1.29, 1.82) is 0 Å². The molecule has 0 aromatic heterocycles. The van der Waals surface area contributed by atoms with Gasteiger partial charge in [-0.3, -0.25) is 11.3 Å². The van der Waals surface area contributed by atoms with Gasteiger partial charge in [-0.2, -0.15) is 0 Å². The Morgan fingerprint density at radius 3 is 2.48 bits per heavy atom. The van der Waals surface area contributed by atoms with E-state index in [0.717, 1.165) is 19.3 Å². The van der Waals surface area contributed by atoms with Crippen molar-refractivity contribution in [3.8, 4) is 0 Å². The smallest absolute Gasteiger partial charge is 0.0491 e. The van der Waals surface area contributed by atoms with E-state index in [1.54, 1.807) is 0 Å². The highest BCUT2D eigenvalue weighted by atomic mass is 15.2. The predicted molar refractivity (Wildman–Crippen MR) is 87.8 cm³/mol. The normalized spacial score (nSPS) is 19.0. The number of hydrogen-bond acceptors (Lipinski definition) is 2. The van der Waals surface area contributed by atoms with E-state index < -0.39 is 0 Å². The van der Waals surface area contributed by atoms with E-state index in [1.807, 2.05) is 0 Å². The highest BCUT2D eigenvalue weighted by Crippen LogP contribution is 2.33. The SMILES string of the molecule is CCc1ccc(C(NN)C2CCc3ccccc3C2)cc1. The Kier molecular flexibility index (Phi) is 4.37. The number of nitrogens with one attached hydrogen (secondary N) is 1. The van der Waals surface area contributed by atoms with E-state index in [4.69, 9.17) is 5.84 Å². The summed E-state index contributed by atoms with van der Waals surface area (Å²) in [5.41, 5.74) is 8.73. The molecule has 2 unspecified atom stereocenters. The van der Waals surface area contributed by atoms with Crippen LogP contribution in [0.15, 0.2) is 48.5 Å². The second-order valence-electron chi connectivity index (χ2n) is 6.01. The zero-order valence-corrected chi connectivity index (χ0v) is 12.7. The number of nitrogens with two attached hydrogens (primary N) is 1. The van der Waals surface area contributed by atoms with Crippen molar-refractivity contribution in [2.24, 2.45) is 11.8 Å². The lowest BCUT2D eigenvalue weighted by Gasteiger charge is -2.31. The van der Waals surface area contributed by atoms with Crippen molar-refractivity contribution in [2.45, 2.75) is 38.6 Å². The Morgan fingerprint density at radius 1 is 1.10 bits per heavy atom. The van der Waals surface area contributed by atoms with Crippen LogP contribution < -0.4 is 11.3 Å². The third kappa shape index (κ3) is 3.02. The van der Waals surface area contributed by atoms with Gasteiger partial charge in [0.1, 0.15) is 0 Å². The quantitative estimate of drug-likeness (QED) is 0.664. The van der Waals surface area contributed by atoms with E-state index in [9.17, 15) is 0 Å². The second kappa shape index (κ2) is 6.42. The van der Waals surface area contributed by atoms with Gasteiger partial charge in [-0.15, -0.1) is 0 Å². The van der Waals surface area contributed by atoms with E-state index in [2.05, 4.69) is 60.9 Å². The molecule has 0 fully saturated rings. The maximum Gasteiger partial charge on any atom is 0.0491 e. The minimum Gasteiger partial charge on any atom is -0.271 e. The fourth-order valence-electron chi connectivity index (χ4n) is 3.48. The molecule has 2 aromatic rings. The van der Waals surface area contributed by atoms with Crippen LogP contribution in [0.3, 0.4) is 0 Å². The van der Waals surface area contributed by atoms with Gasteiger partial charge in [0, 0.05) is 6.04 Å². The molecule has 2 heteroatoms. The minimum atomic E-state index is 0.240. The number of aryl methyl sites for hydroxylation is 2. The Hall–Kier alpha value is -1.64. The fourth-order valence-corrected chi connectivity index (χ4v) is 3.48. The summed E-state index contributed by atoms with van der Waals surface area (Å²) in [5.74, 6) is 6.44. The Morgan fingerprint density at radius 2 is 1.81 bits per heavy atom. The van der Waals surface area contributed by atoms with Gasteiger partial charge in [-0.25, -0.2) is 0 Å². The van der Waals surface area contributed by atoms with Gasteiger partial charge < -0.3 is 0 Å². The van der Waals surface area contributed by atoms with Crippen LogP contribution in [-0.4, -0.2) is 0 Å². The largest absolute Gasteiger partial charge is 0.271 e. The van der Waals surface area contributed by atoms with Crippen molar-refractivity contribution in [1.82, 2.24) is 5.43 Å². The number of fused-ring (bicyclic) bond motifs is 1. The van der Waals surface area contributed by atoms with Gasteiger partial charge in [0.25, 0.3) is 0 Å². The van der Waals surface area contributed by atoms with Crippen LogP contribution in [0.5, 0.6) is 0 Å². The second-order valence-corrected chi connectivity index (χ2v) is 6.01. The molecule has 0 amide bonds. The molecular formula is C19H24N2. The van der Waals surface area contributed by atoms with Crippen LogP contribution in [0.4, 0.5) is 0 Å². The average molecular weight is 280 g/mol. The molecule has 2 nitrogen and oxygen atoms in total. The molecule has 0 saturated carbocycles. The summed E-state index contributed by atoms with van der Waals surface area (Å²) >= 11 is 0. The standard InChI is InChI=1S/C19H24N2/c1-2-14-7-9-16(10-8-14)19(21-20)18-12-11-15-5-3-4-6-17(15)13-18/h3-10,18-19,21H,2,11-13,20H2,1H3. The molecule has 2 aromatic carbocycles. The molecule has 0 aliphatic heterocycles. The fraction of sp³-hybridized carbons (Fsp3) is 0.368. The summed E-state index contributed by atoms with van der Waals surface area (Å²) in [5, 5.41) is 0. The lowest BCUT2D eigenvalue weighted by molar-refractivity contribution is 0.329. The van der Waals surface area contributed by atoms with E-state index in [1.165, 1.54) is 28.7 Å². The van der Waals surface area contributed by atoms with Gasteiger partial charge >= 0.3 is 0 Å². The predicted octanol–water partition coefficient (Wildman–Crippen LogP) is 3.56. The Labute approximate surface area is 127 Å². The zero-order valence-electron chi connectivity index (χ0n) is 12.7. The molecule has 21 heavy (non-hydrogen) atoms. The molecule has 0 saturated heterocycles. The first-order valence-electron chi connectivity index (χ1n) is 7.93. The van der Waals surface area contributed by atoms with E-state index >= 15 is 0 Å². The lowest BCUT2D eigenvalue weighted by atomic mass is 9.78. The Balaban J connectivity index is 1.80. The van der Waals surface area contributed by atoms with Crippen LogP contribution in [0, 0.1) is 5.92 Å². The maximum absolute atomic E-state index is 5.88. The van der Waals surface area contributed by atoms with Crippen molar-refractivity contribution in [2.75, 3.05) is 0 Å². The van der Waals surface area contributed by atoms with Crippen molar-refractivity contribution in [3.05, 3.63) is 70.8 Å². The first-order chi connectivity index (χ1) is 10.3. The molecule has 3 N–H and O–H groups in total. The van der Waals surface area contributed by atoms with Crippen molar-refractivity contribution >= 4 is 0 Å². The molecule has 2 atom stereocenters. The van der Waals surface area contributed by atoms with Gasteiger partial charge in [0.05, 0.1) is 0 Å². The first-order valence-corrected chi connectivity index (χ1v) is 7.93. The molecule has 0 heterocycles. The minimum absolute atomic E-state index is 0.240. The lowest BCUT2D eigenvalue weighted by Crippen LogP contribution is -2.36. The molecular weight excluding hydrogens is 256 g/mol. The molecule has 110 valence electrons. The molecule has 0 spiro atoms. The summed E-state index contributed by atoms with van der Waals surface area (Å²) in [6, 6.07) is 17.9. The number of benzene rings is 2. The van der Waals surface area contributed by atoms with Gasteiger partial charge in [0.2, 0.25) is 0 Å². The highest BCUT2D eigenvalue weighted by molar-refractivity contribution is 5.32. The van der Waals surface area contributed by atoms with Crippen molar-refractivity contribution in [3.63, 3.8) is 0 Å². The van der Waals surface area contributed by atoms with Crippen LogP contribution in [-0.2, 0) is 19.3 Å². The summed E-state index contributed by atoms with van der Waals surface area (Å²) in [7, 11) is 0. The van der Waals surface area contributed by atoms with Crippen LogP contribution in [0.25, 0.3) is 0 Å². The summed E-state index contributed by atoms with van der Waals surface area (Å²) in [6.07, 6.45) is 4.55. The third-order valence-corrected chi connectivity index (χ3v) is 4.78. The van der Waals surface area contributed by atoms with E-state index in [0.29, 0.717) is 5.92 Å². The number of rotatable bonds is 4. The van der Waals surface area contributed by atoms with Gasteiger partial charge in [-0.05, 0) is 53.9 Å². The summed E-state index contributed by atoms with van der Waals surface area (Å²) in [4.78, 5) is 0. The third-order valence-electron chi connectivity index (χ3n) is 4.78. The monoisotopic (exact) mass is 280 g/mol. The average Bonchev–Trinajstić information content (AvgIpc) is 2.56. The maximum atomic E-state index is 5.88. The summed E-state index contributed by atoms with van der Waals surface area (Å²) < 4.78 is 0. The van der Waals surface area contributed by atoms with Gasteiger partial charge in [0.15, 0.2) is 0 Å². The molecule has 1 aliphatic carbocycles. The highest BCUT2D eigenvalue weighted by Gasteiger charge is 2.26. The first kappa shape index (κ1) is 14.3. The topological polar surface area (TPSA) is 38.0 Å². The molecule has 1 aliphatic rings. The molecule has 0 radical (unpaired) electrons. The number of hydrazine groups is 1. The van der Waals surface area contributed by atoms with Gasteiger partial charge in [-0.1, -0.05) is 55.5 Å².